The Morgan fingerprint density at radius 2 is 2.11 bits per heavy atom. The lowest BCUT2D eigenvalue weighted by Crippen LogP contribution is -2.28. The number of nitrogens with zero attached hydrogens (tertiary/aromatic N) is 1. The highest BCUT2D eigenvalue weighted by Crippen LogP contribution is 2.19. The molecule has 5 nitrogen and oxygen atoms in total. The van der Waals surface area contributed by atoms with Gasteiger partial charge in [0.25, 0.3) is 0 Å². The molecular formula is C14H23N3O2. The van der Waals surface area contributed by atoms with Gasteiger partial charge in [-0.25, -0.2) is 0 Å². The number of hydrogen-bond acceptors (Lipinski definition) is 4. The minimum absolute atomic E-state index is 0.00765. The van der Waals surface area contributed by atoms with Crippen LogP contribution in [0.2, 0.25) is 0 Å². The fraction of sp³-hybridized carbons (Fsp3) is 0.500. The molecular weight excluding hydrogens is 242 g/mol. The van der Waals surface area contributed by atoms with Gasteiger partial charge in [-0.3, -0.25) is 4.79 Å². The van der Waals surface area contributed by atoms with E-state index in [1.807, 2.05) is 26.2 Å². The second-order valence-electron chi connectivity index (χ2n) is 4.64. The van der Waals surface area contributed by atoms with E-state index in [-0.39, 0.29) is 5.91 Å². The Balaban J connectivity index is 2.12. The van der Waals surface area contributed by atoms with E-state index in [9.17, 15) is 4.79 Å². The number of hydrogen-bond donors (Lipinski definition) is 2. The molecule has 0 heterocycles. The van der Waals surface area contributed by atoms with Crippen molar-refractivity contribution in [3.8, 4) is 5.75 Å². The van der Waals surface area contributed by atoms with Crippen molar-refractivity contribution < 1.29 is 9.53 Å². The number of amides is 1. The first-order valence-electron chi connectivity index (χ1n) is 6.48. The lowest BCUT2D eigenvalue weighted by atomic mass is 10.3. The third-order valence-corrected chi connectivity index (χ3v) is 2.61. The number of nitrogens with two attached hydrogens (primary N) is 1. The van der Waals surface area contributed by atoms with Crippen LogP contribution in [0, 0.1) is 0 Å². The summed E-state index contributed by atoms with van der Waals surface area (Å²) in [5.74, 6) is 0.635. The normalized spacial score (nSPS) is 10.5. The summed E-state index contributed by atoms with van der Waals surface area (Å²) in [5.41, 5.74) is 6.33. The highest BCUT2D eigenvalue weighted by atomic mass is 16.5. The van der Waals surface area contributed by atoms with Gasteiger partial charge >= 0.3 is 0 Å². The Morgan fingerprint density at radius 3 is 2.79 bits per heavy atom. The van der Waals surface area contributed by atoms with Crippen LogP contribution in [0.5, 0.6) is 5.75 Å². The molecule has 0 bridgehead atoms. The summed E-state index contributed by atoms with van der Waals surface area (Å²) >= 11 is 0. The van der Waals surface area contributed by atoms with Crippen molar-refractivity contribution in [1.82, 2.24) is 10.2 Å². The van der Waals surface area contributed by atoms with Crippen LogP contribution >= 0.6 is 0 Å². The number of carbonyl (C=O) groups is 1. The topological polar surface area (TPSA) is 67.6 Å². The minimum Gasteiger partial charge on any atom is -0.491 e. The van der Waals surface area contributed by atoms with Gasteiger partial charge in [0.1, 0.15) is 5.75 Å². The number of carbonyl (C=O) groups excluding carboxylic acids is 1. The van der Waals surface area contributed by atoms with Gasteiger partial charge in [0.2, 0.25) is 5.91 Å². The number of anilines is 1. The zero-order valence-electron chi connectivity index (χ0n) is 11.7. The average Bonchev–Trinajstić information content (AvgIpc) is 2.37. The van der Waals surface area contributed by atoms with Crippen molar-refractivity contribution in [2.24, 2.45) is 0 Å². The summed E-state index contributed by atoms with van der Waals surface area (Å²) in [6, 6.07) is 7.27. The molecule has 106 valence electrons. The van der Waals surface area contributed by atoms with Crippen molar-refractivity contribution in [2.75, 3.05) is 39.5 Å². The standard InChI is InChI=1S/C14H23N3O2/c1-17(2)10-5-9-16-14(18)8-11-19-13-7-4-3-6-12(13)15/h3-4,6-7H,5,8-11,15H2,1-2H3,(H,16,18). The molecule has 19 heavy (non-hydrogen) atoms. The second kappa shape index (κ2) is 8.37. The molecule has 0 radical (unpaired) electrons. The summed E-state index contributed by atoms with van der Waals surface area (Å²) in [6.45, 7) is 2.01. The smallest absolute Gasteiger partial charge is 0.223 e. The molecule has 3 N–H and O–H groups in total. The van der Waals surface area contributed by atoms with Crippen molar-refractivity contribution in [1.29, 1.82) is 0 Å². The van der Waals surface area contributed by atoms with E-state index in [0.717, 1.165) is 13.0 Å². The van der Waals surface area contributed by atoms with E-state index < -0.39 is 0 Å². The minimum atomic E-state index is 0.00765. The molecule has 0 saturated heterocycles. The Labute approximate surface area is 114 Å². The molecule has 0 fully saturated rings. The zero-order valence-corrected chi connectivity index (χ0v) is 11.7. The molecule has 0 aromatic heterocycles. The highest BCUT2D eigenvalue weighted by Gasteiger charge is 2.03. The van der Waals surface area contributed by atoms with Gasteiger partial charge in [-0.15, -0.1) is 0 Å². The van der Waals surface area contributed by atoms with Gasteiger partial charge < -0.3 is 20.7 Å². The van der Waals surface area contributed by atoms with Crippen LogP contribution in [0.3, 0.4) is 0 Å². The lowest BCUT2D eigenvalue weighted by Gasteiger charge is -2.10. The fourth-order valence-corrected chi connectivity index (χ4v) is 1.58. The second-order valence-corrected chi connectivity index (χ2v) is 4.64. The number of benzene rings is 1. The van der Waals surface area contributed by atoms with E-state index in [4.69, 9.17) is 10.5 Å². The summed E-state index contributed by atoms with van der Waals surface area (Å²) in [5, 5.41) is 2.86. The van der Waals surface area contributed by atoms with Gasteiger partial charge in [0, 0.05) is 6.54 Å². The first-order chi connectivity index (χ1) is 9.09. The quantitative estimate of drug-likeness (QED) is 0.546. The van der Waals surface area contributed by atoms with Gasteiger partial charge in [-0.2, -0.15) is 0 Å². The van der Waals surface area contributed by atoms with Crippen molar-refractivity contribution >= 4 is 11.6 Å². The molecule has 0 aliphatic rings. The Morgan fingerprint density at radius 1 is 1.37 bits per heavy atom. The Kier molecular flexibility index (Phi) is 6.74. The number of nitrogens with one attached hydrogen (secondary N) is 1. The monoisotopic (exact) mass is 265 g/mol. The maximum Gasteiger partial charge on any atom is 0.223 e. The van der Waals surface area contributed by atoms with E-state index >= 15 is 0 Å². The maximum absolute atomic E-state index is 11.5. The van der Waals surface area contributed by atoms with E-state index in [1.165, 1.54) is 0 Å². The van der Waals surface area contributed by atoms with Crippen LogP contribution < -0.4 is 15.8 Å². The third kappa shape index (κ3) is 6.67. The molecule has 1 amide bonds. The fourth-order valence-electron chi connectivity index (χ4n) is 1.58. The van der Waals surface area contributed by atoms with Crippen LogP contribution in [-0.2, 0) is 4.79 Å². The molecule has 0 atom stereocenters. The van der Waals surface area contributed by atoms with Crippen LogP contribution in [0.25, 0.3) is 0 Å². The first kappa shape index (κ1) is 15.3. The average molecular weight is 265 g/mol. The molecule has 0 unspecified atom stereocenters. The molecule has 1 aromatic carbocycles. The summed E-state index contributed by atoms with van der Waals surface area (Å²) in [7, 11) is 4.03. The molecule has 0 saturated carbocycles. The van der Waals surface area contributed by atoms with E-state index in [1.54, 1.807) is 12.1 Å². The number of para-hydroxylation sites is 2. The maximum atomic E-state index is 11.5. The lowest BCUT2D eigenvalue weighted by molar-refractivity contribution is -0.121. The predicted molar refractivity (Wildman–Crippen MR) is 77.1 cm³/mol. The summed E-state index contributed by atoms with van der Waals surface area (Å²) in [4.78, 5) is 13.6. The molecule has 5 heteroatoms. The molecule has 0 spiro atoms. The number of ether oxygens (including phenoxy) is 1. The van der Waals surface area contributed by atoms with E-state index in [2.05, 4.69) is 10.2 Å². The van der Waals surface area contributed by atoms with Crippen molar-refractivity contribution in [2.45, 2.75) is 12.8 Å². The molecule has 0 aliphatic carbocycles. The number of rotatable bonds is 8. The largest absolute Gasteiger partial charge is 0.491 e. The van der Waals surface area contributed by atoms with Gasteiger partial charge in [0.05, 0.1) is 18.7 Å². The summed E-state index contributed by atoms with van der Waals surface area (Å²) in [6.07, 6.45) is 1.29. The molecule has 0 aliphatic heterocycles. The molecule has 1 rings (SSSR count). The molecule has 1 aromatic rings. The predicted octanol–water partition coefficient (Wildman–Crippen LogP) is 1.11. The first-order valence-corrected chi connectivity index (χ1v) is 6.48. The van der Waals surface area contributed by atoms with Crippen molar-refractivity contribution in [3.05, 3.63) is 24.3 Å². The summed E-state index contributed by atoms with van der Waals surface area (Å²) < 4.78 is 5.46. The van der Waals surface area contributed by atoms with E-state index in [0.29, 0.717) is 31.0 Å². The van der Waals surface area contributed by atoms with Gasteiger partial charge in [0.15, 0.2) is 0 Å². The SMILES string of the molecule is CN(C)CCCNC(=O)CCOc1ccccc1N. The van der Waals surface area contributed by atoms with Crippen molar-refractivity contribution in [3.63, 3.8) is 0 Å². The highest BCUT2D eigenvalue weighted by molar-refractivity contribution is 5.75. The van der Waals surface area contributed by atoms with Crippen LogP contribution in [0.1, 0.15) is 12.8 Å². The van der Waals surface area contributed by atoms with Gasteiger partial charge in [-0.1, -0.05) is 12.1 Å². The van der Waals surface area contributed by atoms with Crippen LogP contribution in [0.15, 0.2) is 24.3 Å². The Hall–Kier alpha value is -1.75. The third-order valence-electron chi connectivity index (χ3n) is 2.61. The zero-order chi connectivity index (χ0) is 14.1. The van der Waals surface area contributed by atoms with Crippen LogP contribution in [0.4, 0.5) is 5.69 Å². The number of nitrogen functional groups attached to an aromatic ring is 1. The Bertz CT molecular complexity index is 394. The van der Waals surface area contributed by atoms with Crippen LogP contribution in [-0.4, -0.2) is 44.6 Å². The van der Waals surface area contributed by atoms with Gasteiger partial charge in [-0.05, 0) is 39.2 Å².